The van der Waals surface area contributed by atoms with Crippen LogP contribution in [0.1, 0.15) is 46.4 Å². The van der Waals surface area contributed by atoms with E-state index in [1.165, 1.54) is 24.5 Å². The van der Waals surface area contributed by atoms with Crippen LogP contribution in [-0.2, 0) is 19.1 Å². The van der Waals surface area contributed by atoms with Gasteiger partial charge in [-0.2, -0.15) is 0 Å². The minimum absolute atomic E-state index is 0.0134. The molecule has 2 aromatic heterocycles. The number of aromatic nitrogens is 3. The summed E-state index contributed by atoms with van der Waals surface area (Å²) in [6.45, 7) is 0.0963. The predicted octanol–water partition coefficient (Wildman–Crippen LogP) is 2.88. The van der Waals surface area contributed by atoms with Gasteiger partial charge in [0.25, 0.3) is 11.8 Å². The topological polar surface area (TPSA) is 182 Å². The Bertz CT molecular complexity index is 1790. The first-order valence-corrected chi connectivity index (χ1v) is 14.3. The maximum Gasteiger partial charge on any atom is 0.344 e. The average molecular weight is 613 g/mol. The van der Waals surface area contributed by atoms with Crippen molar-refractivity contribution in [2.24, 2.45) is 0 Å². The molecule has 14 heteroatoms. The molecule has 1 unspecified atom stereocenters. The van der Waals surface area contributed by atoms with Gasteiger partial charge in [0.1, 0.15) is 35.3 Å². The number of nitrogens with one attached hydrogen (secondary N) is 3. The van der Waals surface area contributed by atoms with E-state index >= 15 is 0 Å². The molecule has 4 heterocycles. The molecule has 0 saturated carbocycles. The van der Waals surface area contributed by atoms with Crippen molar-refractivity contribution in [3.8, 4) is 11.5 Å². The third kappa shape index (κ3) is 6.30. The number of ether oxygens (including phenoxy) is 3. The van der Waals surface area contributed by atoms with Crippen LogP contribution < -0.4 is 20.1 Å². The highest BCUT2D eigenvalue weighted by Gasteiger charge is 2.46. The molecular weight excluding hydrogens is 584 g/mol. The van der Waals surface area contributed by atoms with Gasteiger partial charge in [0, 0.05) is 18.3 Å². The SMILES string of the molecule is O=C1CCC(N2C(=O)c3cccc(OCC(=O)OCCCCOc4ccc(Nc5ncnc6[nH]ccc56)cc4)c3C2=O)C(=O)N1. The van der Waals surface area contributed by atoms with Crippen molar-refractivity contribution in [1.82, 2.24) is 25.2 Å². The van der Waals surface area contributed by atoms with E-state index in [2.05, 4.69) is 25.6 Å². The predicted molar refractivity (Wildman–Crippen MR) is 158 cm³/mol. The van der Waals surface area contributed by atoms with Crippen molar-refractivity contribution < 1.29 is 38.2 Å². The quantitative estimate of drug-likeness (QED) is 0.122. The van der Waals surface area contributed by atoms with E-state index in [1.807, 2.05) is 30.3 Å². The van der Waals surface area contributed by atoms with E-state index in [9.17, 15) is 24.0 Å². The third-order valence-corrected chi connectivity index (χ3v) is 7.32. The van der Waals surface area contributed by atoms with Crippen LogP contribution in [0.5, 0.6) is 11.5 Å². The lowest BCUT2D eigenvalue weighted by Crippen LogP contribution is -2.54. The molecule has 230 valence electrons. The first-order chi connectivity index (χ1) is 21.9. The molecule has 0 radical (unpaired) electrons. The van der Waals surface area contributed by atoms with Gasteiger partial charge in [0.05, 0.1) is 29.7 Å². The monoisotopic (exact) mass is 612 g/mol. The van der Waals surface area contributed by atoms with Crippen LogP contribution in [0.3, 0.4) is 0 Å². The Balaban J connectivity index is 0.915. The zero-order valence-electron chi connectivity index (χ0n) is 23.9. The van der Waals surface area contributed by atoms with Crippen molar-refractivity contribution in [2.75, 3.05) is 25.1 Å². The summed E-state index contributed by atoms with van der Waals surface area (Å²) < 4.78 is 16.6. The second-order valence-corrected chi connectivity index (χ2v) is 10.3. The average Bonchev–Trinajstić information content (AvgIpc) is 3.62. The summed E-state index contributed by atoms with van der Waals surface area (Å²) in [6, 6.07) is 12.7. The van der Waals surface area contributed by atoms with Crippen LogP contribution in [-0.4, -0.2) is 75.3 Å². The highest BCUT2D eigenvalue weighted by atomic mass is 16.6. The summed E-state index contributed by atoms with van der Waals surface area (Å²) in [5.41, 5.74) is 1.62. The summed E-state index contributed by atoms with van der Waals surface area (Å²) in [5.74, 6) is -1.77. The van der Waals surface area contributed by atoms with Gasteiger partial charge in [-0.25, -0.2) is 14.8 Å². The molecule has 2 aliphatic rings. The Hall–Kier alpha value is -5.79. The van der Waals surface area contributed by atoms with Crippen LogP contribution in [0.15, 0.2) is 61.1 Å². The maximum absolute atomic E-state index is 13.1. The zero-order valence-corrected chi connectivity index (χ0v) is 23.9. The van der Waals surface area contributed by atoms with Crippen LogP contribution in [0.2, 0.25) is 0 Å². The number of H-pyrrole nitrogens is 1. The number of aromatic amines is 1. The lowest BCUT2D eigenvalue weighted by atomic mass is 10.0. The number of unbranched alkanes of at least 4 members (excludes halogenated alkanes) is 1. The van der Waals surface area contributed by atoms with Gasteiger partial charge >= 0.3 is 5.97 Å². The van der Waals surface area contributed by atoms with Gasteiger partial charge in [-0.3, -0.25) is 29.4 Å². The van der Waals surface area contributed by atoms with Crippen molar-refractivity contribution in [2.45, 2.75) is 31.7 Å². The van der Waals surface area contributed by atoms with Gasteiger partial charge in [0.15, 0.2) is 6.61 Å². The number of nitrogens with zero attached hydrogens (tertiary/aromatic N) is 3. The second kappa shape index (κ2) is 12.8. The summed E-state index contributed by atoms with van der Waals surface area (Å²) in [4.78, 5) is 74.5. The fourth-order valence-corrected chi connectivity index (χ4v) is 5.11. The van der Waals surface area contributed by atoms with Crippen molar-refractivity contribution in [1.29, 1.82) is 0 Å². The minimum atomic E-state index is -1.10. The number of fused-ring (bicyclic) bond motifs is 2. The van der Waals surface area contributed by atoms with Gasteiger partial charge in [-0.05, 0) is 61.7 Å². The number of carbonyl (C=O) groups excluding carboxylic acids is 5. The maximum atomic E-state index is 13.1. The largest absolute Gasteiger partial charge is 0.494 e. The molecule has 6 rings (SSSR count). The molecule has 0 spiro atoms. The number of hydrogen-bond donors (Lipinski definition) is 3. The van der Waals surface area contributed by atoms with Gasteiger partial charge < -0.3 is 24.5 Å². The number of imide groups is 2. The zero-order chi connectivity index (χ0) is 31.3. The smallest absolute Gasteiger partial charge is 0.344 e. The van der Waals surface area contributed by atoms with E-state index in [0.717, 1.165) is 21.6 Å². The molecule has 0 bridgehead atoms. The van der Waals surface area contributed by atoms with Gasteiger partial charge in [0.2, 0.25) is 11.8 Å². The molecule has 2 aromatic carbocycles. The Morgan fingerprint density at radius 1 is 0.956 bits per heavy atom. The Morgan fingerprint density at radius 3 is 2.60 bits per heavy atom. The molecule has 3 N–H and O–H groups in total. The minimum Gasteiger partial charge on any atom is -0.494 e. The molecule has 0 aliphatic carbocycles. The normalized spacial score (nSPS) is 16.0. The Labute approximate surface area is 256 Å². The van der Waals surface area contributed by atoms with Gasteiger partial charge in [-0.1, -0.05) is 6.07 Å². The molecule has 1 saturated heterocycles. The number of anilines is 2. The number of benzene rings is 2. The van der Waals surface area contributed by atoms with E-state index in [0.29, 0.717) is 31.0 Å². The fraction of sp³-hybridized carbons (Fsp3) is 0.258. The van der Waals surface area contributed by atoms with Crippen molar-refractivity contribution in [3.63, 3.8) is 0 Å². The van der Waals surface area contributed by atoms with E-state index in [4.69, 9.17) is 14.2 Å². The number of esters is 1. The molecule has 4 aromatic rings. The summed E-state index contributed by atoms with van der Waals surface area (Å²) >= 11 is 0. The van der Waals surface area contributed by atoms with Crippen LogP contribution in [0, 0.1) is 0 Å². The number of amides is 4. The number of rotatable bonds is 12. The van der Waals surface area contributed by atoms with Crippen molar-refractivity contribution >= 4 is 52.1 Å². The molecule has 14 nitrogen and oxygen atoms in total. The first kappa shape index (κ1) is 29.3. The Kier molecular flexibility index (Phi) is 8.35. The Morgan fingerprint density at radius 2 is 1.78 bits per heavy atom. The highest BCUT2D eigenvalue weighted by molar-refractivity contribution is 6.24. The summed E-state index contributed by atoms with van der Waals surface area (Å²) in [6.07, 6.45) is 4.54. The molecule has 4 amide bonds. The second-order valence-electron chi connectivity index (χ2n) is 10.3. The molecule has 45 heavy (non-hydrogen) atoms. The standard InChI is InChI=1S/C31H28N6O8/c38-24-11-10-22(29(40)36-24)37-30(41)20-4-3-5-23(26(20)31(37)42)45-16-25(39)44-15-2-1-14-43-19-8-6-18(7-9-19)35-28-21-12-13-32-27(21)33-17-34-28/h3-9,12-13,17,22H,1-2,10-11,14-16H2,(H,36,38,40)(H2,32,33,34,35). The first-order valence-electron chi connectivity index (χ1n) is 14.3. The van der Waals surface area contributed by atoms with Gasteiger partial charge in [-0.15, -0.1) is 0 Å². The number of hydrogen-bond acceptors (Lipinski definition) is 11. The molecule has 2 aliphatic heterocycles. The lowest BCUT2D eigenvalue weighted by molar-refractivity contribution is -0.146. The lowest BCUT2D eigenvalue weighted by Gasteiger charge is -2.27. The van der Waals surface area contributed by atoms with Crippen LogP contribution >= 0.6 is 0 Å². The van der Waals surface area contributed by atoms with E-state index in [1.54, 1.807) is 6.20 Å². The fourth-order valence-electron chi connectivity index (χ4n) is 5.11. The summed E-state index contributed by atoms with van der Waals surface area (Å²) in [5, 5.41) is 6.31. The molecule has 1 fully saturated rings. The van der Waals surface area contributed by atoms with E-state index < -0.39 is 42.2 Å². The third-order valence-electron chi connectivity index (χ3n) is 7.32. The van der Waals surface area contributed by atoms with Crippen molar-refractivity contribution in [3.05, 3.63) is 72.2 Å². The van der Waals surface area contributed by atoms with E-state index in [-0.39, 0.29) is 36.3 Å². The number of piperidine rings is 1. The number of carbonyl (C=O) groups is 5. The summed E-state index contributed by atoms with van der Waals surface area (Å²) in [7, 11) is 0. The highest BCUT2D eigenvalue weighted by Crippen LogP contribution is 2.33. The molecular formula is C31H28N6O8. The van der Waals surface area contributed by atoms with Crippen LogP contribution in [0.4, 0.5) is 11.5 Å². The molecule has 1 atom stereocenters. The van der Waals surface area contributed by atoms with Crippen LogP contribution in [0.25, 0.3) is 11.0 Å².